The quantitative estimate of drug-likeness (QED) is 0.190. The number of nitrogens with two attached hydrogens (primary N) is 1. The van der Waals surface area contributed by atoms with E-state index in [2.05, 4.69) is 5.32 Å². The molecule has 3 aromatic heterocycles. The van der Waals surface area contributed by atoms with E-state index in [1.807, 2.05) is 54.6 Å². The number of pyridine rings is 1. The fourth-order valence-corrected chi connectivity index (χ4v) is 7.78. The number of amides is 1. The predicted molar refractivity (Wildman–Crippen MR) is 168 cm³/mol. The minimum atomic E-state index is -0.449. The number of nitrogens with one attached hydrogen (secondary N) is 1. The van der Waals surface area contributed by atoms with Crippen molar-refractivity contribution < 1.29 is 23.8 Å². The highest BCUT2D eigenvalue weighted by Crippen LogP contribution is 2.47. The van der Waals surface area contributed by atoms with Crippen LogP contribution in [0.3, 0.4) is 0 Å². The number of benzene rings is 2. The Bertz CT molecular complexity index is 1830. The summed E-state index contributed by atoms with van der Waals surface area (Å²) in [7, 11) is 4.54. The maximum atomic E-state index is 13.8. The molecule has 0 saturated heterocycles. The first-order chi connectivity index (χ1) is 20.4. The number of nitrogens with zero attached hydrogens (tertiary/aromatic N) is 1. The molecule has 3 N–H and O–H groups in total. The monoisotopic (exact) mass is 599 g/mol. The second kappa shape index (κ2) is 11.5. The molecule has 0 saturated carbocycles. The van der Waals surface area contributed by atoms with E-state index in [9.17, 15) is 9.59 Å². The van der Waals surface area contributed by atoms with E-state index in [4.69, 9.17) is 24.9 Å². The van der Waals surface area contributed by atoms with Crippen LogP contribution in [0.5, 0.6) is 11.5 Å². The van der Waals surface area contributed by atoms with Crippen LogP contribution >= 0.6 is 22.7 Å². The molecule has 0 unspecified atom stereocenters. The van der Waals surface area contributed by atoms with Crippen LogP contribution in [0.4, 0.5) is 10.7 Å². The number of thiophene rings is 2. The van der Waals surface area contributed by atoms with Crippen molar-refractivity contribution in [1.82, 2.24) is 4.98 Å². The van der Waals surface area contributed by atoms with E-state index >= 15 is 0 Å². The highest BCUT2D eigenvalue weighted by molar-refractivity contribution is 7.21. The van der Waals surface area contributed by atoms with Gasteiger partial charge in [0.25, 0.3) is 5.91 Å². The number of aryl methyl sites for hydroxylation is 1. The summed E-state index contributed by atoms with van der Waals surface area (Å²) in [5.41, 5.74) is 11.7. The van der Waals surface area contributed by atoms with Crippen molar-refractivity contribution in [3.8, 4) is 33.9 Å². The molecule has 0 fully saturated rings. The largest absolute Gasteiger partial charge is 0.493 e. The number of hydrogen-bond acceptors (Lipinski definition) is 9. The van der Waals surface area contributed by atoms with Crippen LogP contribution in [0.2, 0.25) is 0 Å². The summed E-state index contributed by atoms with van der Waals surface area (Å²) in [4.78, 5) is 33.5. The Balaban J connectivity index is 1.51. The summed E-state index contributed by atoms with van der Waals surface area (Å²) in [6.45, 7) is 0. The molecule has 214 valence electrons. The van der Waals surface area contributed by atoms with E-state index < -0.39 is 11.9 Å². The molecule has 42 heavy (non-hydrogen) atoms. The molecule has 0 atom stereocenters. The number of rotatable bonds is 7. The SMILES string of the molecule is COC(=O)c1c(NC(=O)c2sc3nc(-c4ccccc4)cc(-c4cccc(OC)c4OC)c3c2N)sc2c1CCCC2. The smallest absolute Gasteiger partial charge is 0.341 e. The fraction of sp³-hybridized carbons (Fsp3) is 0.219. The maximum absolute atomic E-state index is 13.8. The molecular formula is C32H29N3O5S2. The van der Waals surface area contributed by atoms with Crippen molar-refractivity contribution in [1.29, 1.82) is 0 Å². The molecule has 8 nitrogen and oxygen atoms in total. The van der Waals surface area contributed by atoms with Gasteiger partial charge >= 0.3 is 5.97 Å². The Hall–Kier alpha value is -4.41. The Morgan fingerprint density at radius 2 is 1.71 bits per heavy atom. The average Bonchev–Trinajstić information content (AvgIpc) is 3.57. The minimum absolute atomic E-state index is 0.306. The van der Waals surface area contributed by atoms with Crippen LogP contribution in [0.25, 0.3) is 32.6 Å². The van der Waals surface area contributed by atoms with Crippen LogP contribution in [0, 0.1) is 0 Å². The molecule has 3 heterocycles. The highest BCUT2D eigenvalue weighted by Gasteiger charge is 2.29. The first kappa shape index (κ1) is 27.7. The second-order valence-electron chi connectivity index (χ2n) is 9.85. The van der Waals surface area contributed by atoms with Crippen molar-refractivity contribution in [3.05, 3.63) is 75.5 Å². The zero-order valence-electron chi connectivity index (χ0n) is 23.4. The van der Waals surface area contributed by atoms with Crippen molar-refractivity contribution >= 4 is 55.5 Å². The number of fused-ring (bicyclic) bond motifs is 2. The van der Waals surface area contributed by atoms with Crippen LogP contribution in [0.1, 0.15) is 43.3 Å². The van der Waals surface area contributed by atoms with Gasteiger partial charge in [0.15, 0.2) is 11.5 Å². The van der Waals surface area contributed by atoms with Crippen molar-refractivity contribution in [2.24, 2.45) is 0 Å². The standard InChI is InChI=1S/C32H29N3O5S2/c1-38-22-14-9-13-18(27(22)39-2)20-16-21(17-10-5-4-6-11-17)34-30-24(20)26(33)28(42-30)29(36)35-31-25(32(37)40-3)19-12-7-8-15-23(19)41-31/h4-6,9-11,13-14,16H,7-8,12,15,33H2,1-3H3,(H,35,36). The van der Waals surface area contributed by atoms with E-state index in [1.165, 1.54) is 29.8 Å². The summed E-state index contributed by atoms with van der Waals surface area (Å²) < 4.78 is 16.4. The van der Waals surface area contributed by atoms with Crippen LogP contribution in [-0.4, -0.2) is 38.2 Å². The molecule has 1 aliphatic rings. The molecule has 10 heteroatoms. The van der Waals surface area contributed by atoms with Gasteiger partial charge < -0.3 is 25.3 Å². The molecule has 6 rings (SSSR count). The molecule has 1 aliphatic carbocycles. The van der Waals surface area contributed by atoms with Crippen molar-refractivity contribution in [2.45, 2.75) is 25.7 Å². The number of ether oxygens (including phenoxy) is 3. The van der Waals surface area contributed by atoms with Crippen LogP contribution in [-0.2, 0) is 17.6 Å². The van der Waals surface area contributed by atoms with Crippen molar-refractivity contribution in [3.63, 3.8) is 0 Å². The summed E-state index contributed by atoms with van der Waals surface area (Å²) >= 11 is 2.65. The molecule has 0 bridgehead atoms. The molecule has 0 radical (unpaired) electrons. The zero-order chi connectivity index (χ0) is 29.4. The number of anilines is 2. The number of methoxy groups -OCH3 is 3. The minimum Gasteiger partial charge on any atom is -0.493 e. The van der Waals surface area contributed by atoms with Gasteiger partial charge in [0.2, 0.25) is 0 Å². The number of aromatic nitrogens is 1. The van der Waals surface area contributed by atoms with E-state index in [0.717, 1.165) is 58.5 Å². The summed E-state index contributed by atoms with van der Waals surface area (Å²) in [5, 5.41) is 4.12. The van der Waals surface area contributed by atoms with E-state index in [-0.39, 0.29) is 0 Å². The lowest BCUT2D eigenvalue weighted by atomic mass is 9.95. The highest BCUT2D eigenvalue weighted by atomic mass is 32.1. The Kier molecular flexibility index (Phi) is 7.57. The first-order valence-corrected chi connectivity index (χ1v) is 15.1. The third-order valence-electron chi connectivity index (χ3n) is 7.46. The van der Waals surface area contributed by atoms with Gasteiger partial charge in [-0.2, -0.15) is 0 Å². The van der Waals surface area contributed by atoms with E-state index in [0.29, 0.717) is 42.8 Å². The van der Waals surface area contributed by atoms with Gasteiger partial charge in [-0.3, -0.25) is 4.79 Å². The summed E-state index contributed by atoms with van der Waals surface area (Å²) in [6, 6.07) is 17.4. The lowest BCUT2D eigenvalue weighted by Crippen LogP contribution is -2.15. The number of para-hydroxylation sites is 1. The van der Waals surface area contributed by atoms with Crippen LogP contribution in [0.15, 0.2) is 54.6 Å². The third kappa shape index (κ3) is 4.76. The van der Waals surface area contributed by atoms with Gasteiger partial charge in [0, 0.05) is 27.0 Å². The second-order valence-corrected chi connectivity index (χ2v) is 12.0. The Morgan fingerprint density at radius 3 is 2.45 bits per heavy atom. The van der Waals surface area contributed by atoms with Crippen molar-refractivity contribution in [2.75, 3.05) is 32.4 Å². The number of hydrogen-bond donors (Lipinski definition) is 2. The van der Waals surface area contributed by atoms with Gasteiger partial charge in [-0.25, -0.2) is 9.78 Å². The van der Waals surface area contributed by atoms with Gasteiger partial charge in [0.05, 0.1) is 38.3 Å². The van der Waals surface area contributed by atoms with Gasteiger partial charge in [-0.05, 0) is 43.4 Å². The summed E-state index contributed by atoms with van der Waals surface area (Å²) in [5.74, 6) is 0.277. The van der Waals surface area contributed by atoms with Gasteiger partial charge in [-0.15, -0.1) is 22.7 Å². The molecule has 5 aromatic rings. The molecule has 1 amide bonds. The number of esters is 1. The molecule has 0 spiro atoms. The number of carbonyl (C=O) groups is 2. The summed E-state index contributed by atoms with van der Waals surface area (Å²) in [6.07, 6.45) is 3.71. The predicted octanol–water partition coefficient (Wildman–Crippen LogP) is 7.21. The molecule has 0 aliphatic heterocycles. The Morgan fingerprint density at radius 1 is 0.929 bits per heavy atom. The topological polar surface area (TPSA) is 113 Å². The lowest BCUT2D eigenvalue weighted by Gasteiger charge is -2.15. The zero-order valence-corrected chi connectivity index (χ0v) is 25.0. The fourth-order valence-electron chi connectivity index (χ4n) is 5.49. The molecule has 2 aromatic carbocycles. The van der Waals surface area contributed by atoms with Gasteiger partial charge in [0.1, 0.15) is 14.7 Å². The lowest BCUT2D eigenvalue weighted by molar-refractivity contribution is 0.0601. The molecular weight excluding hydrogens is 571 g/mol. The normalized spacial score (nSPS) is 12.5. The van der Waals surface area contributed by atoms with Gasteiger partial charge in [-0.1, -0.05) is 42.5 Å². The van der Waals surface area contributed by atoms with Crippen LogP contribution < -0.4 is 20.5 Å². The average molecular weight is 600 g/mol. The number of nitrogen functional groups attached to an aromatic ring is 1. The Labute approximate surface area is 251 Å². The van der Waals surface area contributed by atoms with E-state index in [1.54, 1.807) is 14.2 Å². The maximum Gasteiger partial charge on any atom is 0.341 e. The first-order valence-electron chi connectivity index (χ1n) is 13.5. The third-order valence-corrected chi connectivity index (χ3v) is 9.76. The number of carbonyl (C=O) groups excluding carboxylic acids is 2.